The summed E-state index contributed by atoms with van der Waals surface area (Å²) >= 11 is 0. The molecule has 0 aromatic carbocycles. The summed E-state index contributed by atoms with van der Waals surface area (Å²) in [5, 5.41) is 37.3. The molecule has 1 fully saturated rings. The number of aliphatic hydroxyl groups excluding tert-OH is 4. The van der Waals surface area contributed by atoms with Gasteiger partial charge in [-0.05, 0) is 45.7 Å². The Hall–Kier alpha value is -0.130. The third-order valence-corrected chi connectivity index (χ3v) is 6.22. The van der Waals surface area contributed by atoms with E-state index in [4.69, 9.17) is 19.6 Å². The van der Waals surface area contributed by atoms with Crippen molar-refractivity contribution in [1.29, 1.82) is 0 Å². The highest BCUT2D eigenvalue weighted by atomic mass is 31.2. The topological polar surface area (TPSA) is 154 Å². The summed E-state index contributed by atoms with van der Waals surface area (Å²) in [7, 11) is -4.22. The van der Waals surface area contributed by atoms with Crippen LogP contribution in [0.25, 0.3) is 0 Å². The summed E-state index contributed by atoms with van der Waals surface area (Å²) in [6, 6.07) is 0. The maximum absolute atomic E-state index is 10.7. The van der Waals surface area contributed by atoms with Crippen LogP contribution >= 0.6 is 7.60 Å². The molecule has 10 nitrogen and oxygen atoms in total. The average molecular weight is 475 g/mol. The van der Waals surface area contributed by atoms with Gasteiger partial charge in [0.2, 0.25) is 0 Å². The first-order valence-corrected chi connectivity index (χ1v) is 13.0. The van der Waals surface area contributed by atoms with Crippen LogP contribution in [0.5, 0.6) is 0 Å². The minimum absolute atomic E-state index is 0.175. The van der Waals surface area contributed by atoms with Crippen molar-refractivity contribution < 1.29 is 39.5 Å². The molecule has 1 aliphatic heterocycles. The number of nitrogens with zero attached hydrogens (tertiary/aromatic N) is 2. The summed E-state index contributed by atoms with van der Waals surface area (Å²) in [5.41, 5.74) is 0. The molecular formula is C20H47N2O8P. The van der Waals surface area contributed by atoms with Crippen molar-refractivity contribution in [1.82, 2.24) is 9.80 Å². The monoisotopic (exact) mass is 474 g/mol. The molecule has 0 amide bonds. The van der Waals surface area contributed by atoms with Crippen molar-refractivity contribution in [3.8, 4) is 0 Å². The fraction of sp³-hybridized carbons (Fsp3) is 1.00. The van der Waals surface area contributed by atoms with E-state index in [9.17, 15) is 19.9 Å². The first-order chi connectivity index (χ1) is 14.5. The Kier molecular flexibility index (Phi) is 19.5. The van der Waals surface area contributed by atoms with Gasteiger partial charge in [0.15, 0.2) is 0 Å². The molecule has 0 saturated carbocycles. The van der Waals surface area contributed by atoms with Crippen LogP contribution in [0.4, 0.5) is 0 Å². The quantitative estimate of drug-likeness (QED) is 0.240. The predicted octanol–water partition coefficient (Wildman–Crippen LogP) is 0.0928. The second-order valence-corrected chi connectivity index (χ2v) is 9.06. The van der Waals surface area contributed by atoms with E-state index in [0.717, 1.165) is 0 Å². The van der Waals surface area contributed by atoms with Crippen LogP contribution in [0.15, 0.2) is 0 Å². The summed E-state index contributed by atoms with van der Waals surface area (Å²) < 4.78 is 15.7. The molecule has 1 heterocycles. The lowest BCUT2D eigenvalue weighted by Crippen LogP contribution is -2.58. The van der Waals surface area contributed by atoms with E-state index in [0.29, 0.717) is 0 Å². The zero-order chi connectivity index (χ0) is 24.6. The van der Waals surface area contributed by atoms with Gasteiger partial charge in [-0.25, -0.2) is 0 Å². The highest BCUT2D eigenvalue weighted by molar-refractivity contribution is 7.51. The van der Waals surface area contributed by atoms with Gasteiger partial charge in [0.05, 0.1) is 18.9 Å². The first kappa shape index (κ1) is 33.0. The number of rotatable bonds is 10. The first-order valence-electron chi connectivity index (χ1n) is 11.3. The molecule has 0 aromatic heterocycles. The van der Waals surface area contributed by atoms with Crippen molar-refractivity contribution in [3.05, 3.63) is 0 Å². The van der Waals surface area contributed by atoms with E-state index in [-0.39, 0.29) is 6.42 Å². The van der Waals surface area contributed by atoms with Crippen LogP contribution in [0.1, 0.15) is 48.0 Å². The van der Waals surface area contributed by atoms with E-state index in [1.165, 1.54) is 39.3 Å². The molecule has 11 heteroatoms. The fourth-order valence-corrected chi connectivity index (χ4v) is 3.65. The minimum Gasteiger partial charge on any atom is -0.394 e. The Morgan fingerprint density at radius 2 is 1.06 bits per heavy atom. The molecule has 1 aliphatic rings. The Bertz CT molecular complexity index is 435. The lowest BCUT2D eigenvalue weighted by Gasteiger charge is -2.40. The maximum Gasteiger partial charge on any atom is 0.325 e. The number of aliphatic hydroxyl groups is 4. The second kappa shape index (κ2) is 18.3. The van der Waals surface area contributed by atoms with E-state index < -0.39 is 50.9 Å². The van der Waals surface area contributed by atoms with Crippen LogP contribution in [0, 0.1) is 0 Å². The van der Waals surface area contributed by atoms with Gasteiger partial charge >= 0.3 is 7.60 Å². The van der Waals surface area contributed by atoms with Crippen molar-refractivity contribution in [3.63, 3.8) is 0 Å². The Morgan fingerprint density at radius 1 is 0.710 bits per heavy atom. The molecular weight excluding hydrogens is 427 g/mol. The van der Waals surface area contributed by atoms with Crippen LogP contribution in [-0.4, -0.2) is 123 Å². The lowest BCUT2D eigenvalue weighted by atomic mass is 9.94. The molecule has 31 heavy (non-hydrogen) atoms. The van der Waals surface area contributed by atoms with Crippen LogP contribution in [0.3, 0.4) is 0 Å². The molecule has 1 saturated heterocycles. The summed E-state index contributed by atoms with van der Waals surface area (Å²) in [5.74, 6) is 0. The smallest absolute Gasteiger partial charge is 0.325 e. The Labute approximate surface area is 188 Å². The van der Waals surface area contributed by atoms with Crippen molar-refractivity contribution in [2.75, 3.05) is 52.0 Å². The summed E-state index contributed by atoms with van der Waals surface area (Å²) in [4.78, 5) is 22.1. The zero-order valence-corrected chi connectivity index (χ0v) is 21.0. The normalized spacial score (nSPS) is 26.2. The molecule has 5 atom stereocenters. The van der Waals surface area contributed by atoms with Crippen molar-refractivity contribution in [2.24, 2.45) is 0 Å². The molecule has 0 aliphatic carbocycles. The van der Waals surface area contributed by atoms with Gasteiger partial charge in [0, 0.05) is 0 Å². The lowest BCUT2D eigenvalue weighted by molar-refractivity contribution is -0.229. The van der Waals surface area contributed by atoms with Gasteiger partial charge in [-0.3, -0.25) is 4.57 Å². The molecule has 0 spiro atoms. The largest absolute Gasteiger partial charge is 0.394 e. The number of ether oxygens (including phenoxy) is 1. The van der Waals surface area contributed by atoms with Crippen molar-refractivity contribution in [2.45, 2.75) is 78.5 Å². The second-order valence-electron chi connectivity index (χ2n) is 7.28. The number of hydrogen-bond donors (Lipinski definition) is 6. The Balaban J connectivity index is 0. The standard InChI is InChI=1S/C8H17O8P.2C6H15N/c9-3-5-7(11)8(12)6(10)4(16-5)1-2-17(13,14)15;2*1-4-7(5-2)6-3/h4-12H,1-3H2,(H2,13,14,15);2*4-6H2,1-3H3/t4-,5-,6+,7+,8-;;/m1../s1. The minimum atomic E-state index is -4.22. The molecule has 0 unspecified atom stereocenters. The van der Waals surface area contributed by atoms with Crippen LogP contribution in [0.2, 0.25) is 0 Å². The predicted molar refractivity (Wildman–Crippen MR) is 122 cm³/mol. The average Bonchev–Trinajstić information content (AvgIpc) is 2.74. The van der Waals surface area contributed by atoms with E-state index in [2.05, 4.69) is 51.3 Å². The van der Waals surface area contributed by atoms with Gasteiger partial charge in [-0.1, -0.05) is 41.5 Å². The molecule has 190 valence electrons. The van der Waals surface area contributed by atoms with E-state index in [1.54, 1.807) is 0 Å². The van der Waals surface area contributed by atoms with E-state index >= 15 is 0 Å². The van der Waals surface area contributed by atoms with Gasteiger partial charge in [0.25, 0.3) is 0 Å². The third-order valence-electron chi connectivity index (χ3n) is 5.38. The summed E-state index contributed by atoms with van der Waals surface area (Å²) in [6.45, 7) is 19.7. The van der Waals surface area contributed by atoms with Gasteiger partial charge < -0.3 is 44.7 Å². The SMILES string of the molecule is CCN(CC)CC.CCN(CC)CC.O=P(O)(O)CC[C@H]1O[C@H](CO)[C@H](O)[C@H](O)[C@H]1O. The van der Waals surface area contributed by atoms with E-state index in [1.807, 2.05) is 0 Å². The molecule has 0 aromatic rings. The highest BCUT2D eigenvalue weighted by Gasteiger charge is 2.43. The highest BCUT2D eigenvalue weighted by Crippen LogP contribution is 2.37. The third kappa shape index (κ3) is 14.6. The van der Waals surface area contributed by atoms with Crippen molar-refractivity contribution >= 4 is 7.60 Å². The van der Waals surface area contributed by atoms with Gasteiger partial charge in [-0.15, -0.1) is 0 Å². The van der Waals surface area contributed by atoms with Crippen LogP contribution in [-0.2, 0) is 9.30 Å². The molecule has 1 rings (SSSR count). The number of hydrogen-bond acceptors (Lipinski definition) is 8. The fourth-order valence-electron chi connectivity index (χ4n) is 3.05. The molecule has 6 N–H and O–H groups in total. The Morgan fingerprint density at radius 3 is 1.32 bits per heavy atom. The van der Waals surface area contributed by atoms with Crippen LogP contribution < -0.4 is 0 Å². The molecule has 0 radical (unpaired) electrons. The van der Waals surface area contributed by atoms with Gasteiger partial charge in [0.1, 0.15) is 24.4 Å². The van der Waals surface area contributed by atoms with Gasteiger partial charge in [-0.2, -0.15) is 0 Å². The maximum atomic E-state index is 10.7. The zero-order valence-electron chi connectivity index (χ0n) is 20.1. The summed E-state index contributed by atoms with van der Waals surface area (Å²) in [6.07, 6.45) is -7.17. The molecule has 0 bridgehead atoms.